The van der Waals surface area contributed by atoms with Crippen molar-refractivity contribution in [1.29, 1.82) is 0 Å². The van der Waals surface area contributed by atoms with Crippen LogP contribution in [0.1, 0.15) is 44.5 Å². The van der Waals surface area contributed by atoms with E-state index in [0.717, 1.165) is 78.8 Å². The van der Waals surface area contributed by atoms with E-state index in [0.29, 0.717) is 0 Å². The molecule has 4 aliphatic carbocycles. The van der Waals surface area contributed by atoms with Crippen LogP contribution in [0.5, 0.6) is 0 Å². The van der Waals surface area contributed by atoms with E-state index < -0.39 is 10.8 Å². The summed E-state index contributed by atoms with van der Waals surface area (Å²) in [7, 11) is 0. The van der Waals surface area contributed by atoms with Crippen LogP contribution in [0, 0.1) is 0 Å². The van der Waals surface area contributed by atoms with E-state index in [9.17, 15) is 0 Å². The fourth-order valence-electron chi connectivity index (χ4n) is 24.8. The summed E-state index contributed by atoms with van der Waals surface area (Å²) >= 11 is 0. The predicted molar refractivity (Wildman–Crippen MR) is 553 cm³/mol. The summed E-state index contributed by atoms with van der Waals surface area (Å²) in [5.74, 6) is 0. The molecule has 2 aromatic heterocycles. The maximum absolute atomic E-state index is 2.60. The quantitative estimate of drug-likeness (QED) is 0.127. The Morgan fingerprint density at radius 1 is 0.152 bits per heavy atom. The minimum Gasteiger partial charge on any atom is -0.310 e. The summed E-state index contributed by atoms with van der Waals surface area (Å²) in [4.78, 5) is 5.19. The molecule has 0 saturated heterocycles. The Balaban J connectivity index is 0.602. The van der Waals surface area contributed by atoms with Gasteiger partial charge in [-0.2, -0.15) is 0 Å². The average molecular weight is 1670 g/mol. The zero-order chi connectivity index (χ0) is 86.2. The molecule has 29 rings (SSSR count). The number of nitrogens with zero attached hydrogens (tertiary/aromatic N) is 4. The van der Waals surface area contributed by atoms with Crippen molar-refractivity contribution in [2.75, 3.05) is 9.80 Å². The van der Waals surface area contributed by atoms with Crippen molar-refractivity contribution in [3.8, 4) is 78.1 Å². The lowest BCUT2D eigenvalue weighted by Crippen LogP contribution is -2.28. The van der Waals surface area contributed by atoms with Crippen LogP contribution in [0.15, 0.2) is 473 Å². The van der Waals surface area contributed by atoms with E-state index >= 15 is 0 Å². The smallest absolute Gasteiger partial charge is 0.0746 e. The number of fused-ring (bicyclic) bond motifs is 38. The summed E-state index contributed by atoms with van der Waals surface area (Å²) < 4.78 is 4.93. The van der Waals surface area contributed by atoms with E-state index in [1.807, 2.05) is 0 Å². The summed E-state index contributed by atoms with van der Waals surface area (Å²) in [5.41, 5.74) is 36.9. The molecule has 1 unspecified atom stereocenters. The highest BCUT2D eigenvalue weighted by Gasteiger charge is 2.55. The molecular weight excluding hydrogens is 1590 g/mol. The summed E-state index contributed by atoms with van der Waals surface area (Å²) in [6.45, 7) is 0. The highest BCUT2D eigenvalue weighted by Crippen LogP contribution is 2.68. The van der Waals surface area contributed by atoms with E-state index in [4.69, 9.17) is 0 Å². The molecule has 0 saturated carbocycles. The standard InChI is InChI=1S/C128H78N4/c1-2-32-83(33-3-1)131-119-58-24-17-49-104(119)106-67-62-82(75-124(106)131)80-31-26-34-84(72-80)129(86-64-68-97-93-40-6-4-36-89(93)91-38-8-10-42-95(91)109(97)76-86)122-60-28-52-108-102-47-15-22-56-116(102)128(126(108)122)117-57-23-16-48-103(117)111-74-81(63-70-118(111)128)79-30-27-35-85(73-79)132-120-59-25-18-50-105(120)112-78-88(66-71-121(112)132)130(87-65-69-98-94-41-7-5-37-90(94)92-39-9-11-43-96(92)110(98)77-87)123-61-29-51-107-101-46-14-21-55-115(101)127(125(107)123)113-53-19-12-44-99(113)100-45-13-20-54-114(100)127/h1-78H. The van der Waals surface area contributed by atoms with Gasteiger partial charge in [-0.1, -0.05) is 358 Å². The minimum atomic E-state index is -0.740. The average Bonchev–Trinajstić information content (AvgIpc) is 1.50. The van der Waals surface area contributed by atoms with E-state index in [2.05, 4.69) is 492 Å². The fourth-order valence-corrected chi connectivity index (χ4v) is 24.8. The molecule has 25 aromatic rings. The molecule has 0 amide bonds. The molecule has 2 heterocycles. The van der Waals surface area contributed by atoms with Gasteiger partial charge in [0.05, 0.1) is 44.3 Å². The topological polar surface area (TPSA) is 16.3 Å². The SMILES string of the molecule is c1ccc(-n2c3ccccc3c3ccc(-c4cccc(N(c5ccc6c7ccccc7c7ccccc7c6c5)c5cccc6c5C5(c7ccccc7-c7cc(-c8cccc(-n9c%10ccccc%10c%10cc(N(c%11ccc%12c%13ccccc%13c%13ccccc%13c%12c%11)c%11cccc%12c%11C%11(c%13ccccc%13-c%13ccccc%13%11)c%11ccccc%11-%12)ccc%109)c8)ccc75)c5ccccc5-6)c4)cc32)cc1. The van der Waals surface area contributed by atoms with Gasteiger partial charge in [-0.3, -0.25) is 0 Å². The summed E-state index contributed by atoms with van der Waals surface area (Å²) in [6.07, 6.45) is 0. The predicted octanol–water partition coefficient (Wildman–Crippen LogP) is 33.8. The Kier molecular flexibility index (Phi) is 15.3. The lowest BCUT2D eigenvalue weighted by atomic mass is 9.69. The van der Waals surface area contributed by atoms with Crippen molar-refractivity contribution < 1.29 is 0 Å². The van der Waals surface area contributed by atoms with Gasteiger partial charge < -0.3 is 18.9 Å². The lowest BCUT2D eigenvalue weighted by molar-refractivity contribution is 0.793. The van der Waals surface area contributed by atoms with Gasteiger partial charge in [-0.25, -0.2) is 0 Å². The second-order valence-electron chi connectivity index (χ2n) is 36.3. The Bertz CT molecular complexity index is 9210. The third-order valence-electron chi connectivity index (χ3n) is 30.0. The van der Waals surface area contributed by atoms with Crippen molar-refractivity contribution in [2.24, 2.45) is 0 Å². The molecule has 4 nitrogen and oxygen atoms in total. The van der Waals surface area contributed by atoms with Crippen molar-refractivity contribution >= 4 is 142 Å². The fraction of sp³-hybridized carbons (Fsp3) is 0.0156. The van der Waals surface area contributed by atoms with E-state index in [1.165, 1.54) is 186 Å². The second kappa shape index (κ2) is 27.7. The Labute approximate surface area is 762 Å². The van der Waals surface area contributed by atoms with Gasteiger partial charge in [-0.05, 0) is 280 Å². The van der Waals surface area contributed by atoms with E-state index in [-0.39, 0.29) is 0 Å². The number of benzene rings is 23. The van der Waals surface area contributed by atoms with Crippen LogP contribution in [0.2, 0.25) is 0 Å². The number of para-hydroxylation sites is 3. The molecule has 0 bridgehead atoms. The van der Waals surface area contributed by atoms with Gasteiger partial charge in [0.15, 0.2) is 0 Å². The van der Waals surface area contributed by atoms with Crippen LogP contribution in [-0.2, 0) is 10.8 Å². The van der Waals surface area contributed by atoms with Crippen LogP contribution >= 0.6 is 0 Å². The molecule has 0 fully saturated rings. The first-order valence-corrected chi connectivity index (χ1v) is 46.0. The van der Waals surface area contributed by atoms with E-state index in [1.54, 1.807) is 0 Å². The lowest BCUT2D eigenvalue weighted by Gasteiger charge is -2.36. The number of aromatic nitrogens is 2. The first-order valence-electron chi connectivity index (χ1n) is 46.0. The van der Waals surface area contributed by atoms with Crippen LogP contribution in [-0.4, -0.2) is 9.13 Å². The van der Waals surface area contributed by atoms with Crippen LogP contribution in [0.4, 0.5) is 34.1 Å². The molecule has 0 aliphatic heterocycles. The summed E-state index contributed by atoms with van der Waals surface area (Å²) in [5, 5.41) is 19.7. The number of hydrogen-bond donors (Lipinski definition) is 0. The van der Waals surface area contributed by atoms with Gasteiger partial charge in [0.2, 0.25) is 0 Å². The molecular formula is C128H78N4. The number of anilines is 6. The molecule has 1 atom stereocenters. The number of rotatable bonds is 10. The third-order valence-corrected chi connectivity index (χ3v) is 30.0. The van der Waals surface area contributed by atoms with Gasteiger partial charge in [-0.15, -0.1) is 0 Å². The van der Waals surface area contributed by atoms with Gasteiger partial charge in [0.25, 0.3) is 0 Å². The van der Waals surface area contributed by atoms with Gasteiger partial charge in [0, 0.05) is 66.8 Å². The molecule has 4 heteroatoms. The monoisotopic (exact) mass is 1670 g/mol. The second-order valence-corrected chi connectivity index (χ2v) is 36.3. The molecule has 132 heavy (non-hydrogen) atoms. The Morgan fingerprint density at radius 3 is 0.955 bits per heavy atom. The first kappa shape index (κ1) is 72.9. The van der Waals surface area contributed by atoms with Crippen LogP contribution in [0.25, 0.3) is 186 Å². The molecule has 610 valence electrons. The highest BCUT2D eigenvalue weighted by molar-refractivity contribution is 6.28. The minimum absolute atomic E-state index is 0.616. The molecule has 2 spiro atoms. The largest absolute Gasteiger partial charge is 0.310 e. The molecule has 0 N–H and O–H groups in total. The molecule has 4 aliphatic rings. The summed E-state index contributed by atoms with van der Waals surface area (Å²) in [6, 6.07) is 180. The zero-order valence-corrected chi connectivity index (χ0v) is 71.8. The third kappa shape index (κ3) is 9.93. The maximum atomic E-state index is 2.60. The van der Waals surface area contributed by atoms with Crippen molar-refractivity contribution in [3.05, 3.63) is 518 Å². The Morgan fingerprint density at radius 2 is 0.455 bits per heavy atom. The molecule has 23 aromatic carbocycles. The van der Waals surface area contributed by atoms with Gasteiger partial charge in [0.1, 0.15) is 0 Å². The highest BCUT2D eigenvalue weighted by atomic mass is 15.2. The van der Waals surface area contributed by atoms with Gasteiger partial charge >= 0.3 is 0 Å². The zero-order valence-electron chi connectivity index (χ0n) is 71.8. The van der Waals surface area contributed by atoms with Crippen molar-refractivity contribution in [3.63, 3.8) is 0 Å². The molecule has 0 radical (unpaired) electrons. The van der Waals surface area contributed by atoms with Crippen LogP contribution < -0.4 is 9.80 Å². The number of hydrogen-bond acceptors (Lipinski definition) is 2. The normalized spacial score (nSPS) is 14.0. The first-order chi connectivity index (χ1) is 65.5. The Hall–Kier alpha value is -17.2. The maximum Gasteiger partial charge on any atom is 0.0746 e. The van der Waals surface area contributed by atoms with Crippen molar-refractivity contribution in [2.45, 2.75) is 10.8 Å². The van der Waals surface area contributed by atoms with Crippen molar-refractivity contribution in [1.82, 2.24) is 9.13 Å². The van der Waals surface area contributed by atoms with Crippen LogP contribution in [0.3, 0.4) is 0 Å².